The number of rotatable bonds is 7. The van der Waals surface area contributed by atoms with Crippen molar-refractivity contribution in [1.82, 2.24) is 3.96 Å². The highest BCUT2D eigenvalue weighted by Gasteiger charge is 2.23. The topological polar surface area (TPSA) is 52.5 Å². The van der Waals surface area contributed by atoms with Crippen LogP contribution in [0.15, 0.2) is 59.4 Å². The Morgan fingerprint density at radius 3 is 2.64 bits per heavy atom. The van der Waals surface area contributed by atoms with Crippen LogP contribution >= 0.6 is 11.5 Å². The number of nitrogens with one attached hydrogen (secondary N) is 1. The van der Waals surface area contributed by atoms with Crippen LogP contribution in [0.1, 0.15) is 19.8 Å². The van der Waals surface area contributed by atoms with Crippen LogP contribution in [0.3, 0.4) is 0 Å². The molecule has 1 atom stereocenters. The largest absolute Gasteiger partial charge is 0.486 e. The zero-order chi connectivity index (χ0) is 19.3. The first kappa shape index (κ1) is 18.6. The third kappa shape index (κ3) is 3.92. The van der Waals surface area contributed by atoms with Crippen molar-refractivity contribution in [2.45, 2.75) is 32.4 Å². The summed E-state index contributed by atoms with van der Waals surface area (Å²) in [6.07, 6.45) is 1.90. The third-order valence-corrected chi connectivity index (χ3v) is 5.88. The molecule has 0 bridgehead atoms. The van der Waals surface area contributed by atoms with Gasteiger partial charge in [0.25, 0.3) is 5.56 Å². The number of hydrogen-bond acceptors (Lipinski definition) is 5. The SMILES string of the molecule is CCCCn1sc(-c2ccccc2)c(NCC2COc3ccccc3O2)c1=O. The number of aryl methyl sites for hydroxylation is 1. The molecule has 1 unspecified atom stereocenters. The lowest BCUT2D eigenvalue weighted by molar-refractivity contribution is 0.0997. The van der Waals surface area contributed by atoms with Gasteiger partial charge < -0.3 is 14.8 Å². The van der Waals surface area contributed by atoms with Crippen LogP contribution in [-0.4, -0.2) is 23.2 Å². The molecule has 3 aromatic rings. The number of nitrogens with zero attached hydrogens (tertiary/aromatic N) is 1. The van der Waals surface area contributed by atoms with Gasteiger partial charge in [-0.25, -0.2) is 0 Å². The first-order valence-corrected chi connectivity index (χ1v) is 10.5. The van der Waals surface area contributed by atoms with Crippen LogP contribution in [0, 0.1) is 0 Å². The highest BCUT2D eigenvalue weighted by Crippen LogP contribution is 2.33. The quantitative estimate of drug-likeness (QED) is 0.633. The van der Waals surface area contributed by atoms with Gasteiger partial charge in [-0.2, -0.15) is 0 Å². The van der Waals surface area contributed by atoms with Crippen molar-refractivity contribution in [3.63, 3.8) is 0 Å². The fourth-order valence-electron chi connectivity index (χ4n) is 3.19. The van der Waals surface area contributed by atoms with E-state index in [9.17, 15) is 4.79 Å². The van der Waals surface area contributed by atoms with Gasteiger partial charge in [-0.05, 0) is 24.1 Å². The Labute approximate surface area is 168 Å². The molecule has 1 aliphatic heterocycles. The average Bonchev–Trinajstić information content (AvgIpc) is 3.06. The summed E-state index contributed by atoms with van der Waals surface area (Å²) in [6.45, 7) is 3.85. The number of fused-ring (bicyclic) bond motifs is 1. The molecule has 2 heterocycles. The molecule has 0 saturated heterocycles. The first-order chi connectivity index (χ1) is 13.8. The summed E-state index contributed by atoms with van der Waals surface area (Å²) in [7, 11) is 0. The number of hydrogen-bond donors (Lipinski definition) is 1. The summed E-state index contributed by atoms with van der Waals surface area (Å²) in [6, 6.07) is 17.7. The van der Waals surface area contributed by atoms with Crippen molar-refractivity contribution in [1.29, 1.82) is 0 Å². The van der Waals surface area contributed by atoms with Crippen molar-refractivity contribution < 1.29 is 9.47 Å². The molecular weight excluding hydrogens is 372 g/mol. The molecule has 0 saturated carbocycles. The molecule has 0 radical (unpaired) electrons. The number of unbranched alkanes of at least 4 members (excludes halogenated alkanes) is 1. The smallest absolute Gasteiger partial charge is 0.284 e. The van der Waals surface area contributed by atoms with Crippen molar-refractivity contribution in [3.05, 3.63) is 65.0 Å². The molecule has 5 nitrogen and oxygen atoms in total. The molecular formula is C22H24N2O3S. The Balaban J connectivity index is 1.55. The van der Waals surface area contributed by atoms with Crippen molar-refractivity contribution in [2.75, 3.05) is 18.5 Å². The van der Waals surface area contributed by atoms with Crippen LogP contribution in [-0.2, 0) is 6.54 Å². The minimum absolute atomic E-state index is 0.0365. The van der Waals surface area contributed by atoms with Gasteiger partial charge in [0, 0.05) is 6.54 Å². The first-order valence-electron chi connectivity index (χ1n) is 9.68. The van der Waals surface area contributed by atoms with Gasteiger partial charge in [0.2, 0.25) is 0 Å². The van der Waals surface area contributed by atoms with E-state index in [0.29, 0.717) is 18.8 Å². The molecule has 28 heavy (non-hydrogen) atoms. The monoisotopic (exact) mass is 396 g/mol. The lowest BCUT2D eigenvalue weighted by Crippen LogP contribution is -2.36. The van der Waals surface area contributed by atoms with Crippen LogP contribution < -0.4 is 20.3 Å². The molecule has 1 aromatic heterocycles. The van der Waals surface area contributed by atoms with E-state index in [2.05, 4.69) is 12.2 Å². The van der Waals surface area contributed by atoms with E-state index in [1.165, 1.54) is 11.5 Å². The molecule has 2 aromatic carbocycles. The molecule has 6 heteroatoms. The van der Waals surface area contributed by atoms with E-state index in [0.717, 1.165) is 41.3 Å². The fraction of sp³-hybridized carbons (Fsp3) is 0.318. The lowest BCUT2D eigenvalue weighted by Gasteiger charge is -2.26. The third-order valence-electron chi connectivity index (χ3n) is 4.69. The molecule has 1 N–H and O–H groups in total. The van der Waals surface area contributed by atoms with Crippen LogP contribution in [0.4, 0.5) is 5.69 Å². The average molecular weight is 397 g/mol. The maximum atomic E-state index is 13.0. The number of anilines is 1. The van der Waals surface area contributed by atoms with Crippen LogP contribution in [0.25, 0.3) is 10.4 Å². The summed E-state index contributed by atoms with van der Waals surface area (Å²) in [5, 5.41) is 3.35. The Kier molecular flexibility index (Phi) is 5.67. The van der Waals surface area contributed by atoms with Gasteiger partial charge in [0.15, 0.2) is 11.5 Å². The number of aromatic nitrogens is 1. The van der Waals surface area contributed by atoms with E-state index in [-0.39, 0.29) is 11.7 Å². The number of benzene rings is 2. The van der Waals surface area contributed by atoms with E-state index in [1.54, 1.807) is 0 Å². The summed E-state index contributed by atoms with van der Waals surface area (Å²) in [5.74, 6) is 1.51. The van der Waals surface area contributed by atoms with Crippen LogP contribution in [0.2, 0.25) is 0 Å². The van der Waals surface area contributed by atoms with Crippen molar-refractivity contribution in [2.24, 2.45) is 0 Å². The van der Waals surface area contributed by atoms with Gasteiger partial charge in [-0.15, -0.1) is 0 Å². The van der Waals surface area contributed by atoms with Crippen molar-refractivity contribution >= 4 is 17.2 Å². The predicted octanol–water partition coefficient (Wildman–Crippen LogP) is 4.63. The molecule has 4 rings (SSSR count). The minimum atomic E-state index is -0.151. The van der Waals surface area contributed by atoms with Gasteiger partial charge in [-0.1, -0.05) is 67.3 Å². The zero-order valence-corrected chi connectivity index (χ0v) is 16.7. The number of ether oxygens (including phenoxy) is 2. The van der Waals surface area contributed by atoms with E-state index >= 15 is 0 Å². The summed E-state index contributed by atoms with van der Waals surface area (Å²) in [5.41, 5.74) is 1.73. The summed E-state index contributed by atoms with van der Waals surface area (Å²) < 4.78 is 13.6. The Morgan fingerprint density at radius 1 is 1.11 bits per heavy atom. The lowest BCUT2D eigenvalue weighted by atomic mass is 10.1. The van der Waals surface area contributed by atoms with E-state index in [1.807, 2.05) is 58.6 Å². The standard InChI is InChI=1S/C22H24N2O3S/c1-2-3-13-24-22(25)20(21(28-24)16-9-5-4-6-10-16)23-14-17-15-26-18-11-7-8-12-19(18)27-17/h4-12,17,23H,2-3,13-15H2,1H3. The normalized spacial score (nSPS) is 15.4. The molecule has 0 fully saturated rings. The highest BCUT2D eigenvalue weighted by atomic mass is 32.1. The zero-order valence-electron chi connectivity index (χ0n) is 15.9. The molecule has 1 aliphatic rings. The Hall–Kier alpha value is -2.73. The van der Waals surface area contributed by atoms with Gasteiger partial charge >= 0.3 is 0 Å². The van der Waals surface area contributed by atoms with E-state index in [4.69, 9.17) is 9.47 Å². The molecule has 0 aliphatic carbocycles. The van der Waals surface area contributed by atoms with Crippen LogP contribution in [0.5, 0.6) is 11.5 Å². The van der Waals surface area contributed by atoms with Gasteiger partial charge in [0.1, 0.15) is 18.4 Å². The van der Waals surface area contributed by atoms with Crippen molar-refractivity contribution in [3.8, 4) is 21.9 Å². The maximum absolute atomic E-state index is 13.0. The summed E-state index contributed by atoms with van der Waals surface area (Å²) >= 11 is 1.52. The molecule has 0 amide bonds. The number of para-hydroxylation sites is 2. The Morgan fingerprint density at radius 2 is 1.86 bits per heavy atom. The van der Waals surface area contributed by atoms with Gasteiger partial charge in [-0.3, -0.25) is 8.75 Å². The van der Waals surface area contributed by atoms with Gasteiger partial charge in [0.05, 0.1) is 11.4 Å². The maximum Gasteiger partial charge on any atom is 0.284 e. The molecule has 0 spiro atoms. The second-order valence-electron chi connectivity index (χ2n) is 6.80. The fourth-order valence-corrected chi connectivity index (χ4v) is 4.30. The van der Waals surface area contributed by atoms with E-state index < -0.39 is 0 Å². The Bertz CT molecular complexity index is 981. The minimum Gasteiger partial charge on any atom is -0.486 e. The highest BCUT2D eigenvalue weighted by molar-refractivity contribution is 7.10. The predicted molar refractivity (Wildman–Crippen MR) is 114 cm³/mol. The summed E-state index contributed by atoms with van der Waals surface area (Å²) in [4.78, 5) is 14.0. The molecule has 146 valence electrons. The second kappa shape index (κ2) is 8.52. The second-order valence-corrected chi connectivity index (χ2v) is 7.83.